The fraction of sp³-hybridized carbons (Fsp3) is 0.0476. The van der Waals surface area contributed by atoms with E-state index in [9.17, 15) is 13.2 Å². The van der Waals surface area contributed by atoms with Crippen LogP contribution in [0.3, 0.4) is 0 Å². The Morgan fingerprint density at radius 2 is 1.59 bits per heavy atom. The van der Waals surface area contributed by atoms with E-state index in [0.717, 1.165) is 0 Å². The van der Waals surface area contributed by atoms with Crippen molar-refractivity contribution < 1.29 is 8.42 Å². The molecule has 146 valence electrons. The van der Waals surface area contributed by atoms with Crippen molar-refractivity contribution in [2.75, 3.05) is 4.72 Å². The average molecular weight is 426 g/mol. The molecule has 0 saturated heterocycles. The molecule has 3 aromatic carbocycles. The first-order valence-corrected chi connectivity index (χ1v) is 10.6. The molecular formula is C21H16ClN3O3S. The minimum atomic E-state index is -3.74. The third kappa shape index (κ3) is 3.74. The fourth-order valence-corrected chi connectivity index (χ4v) is 4.24. The fourth-order valence-electron chi connectivity index (χ4n) is 3.05. The van der Waals surface area contributed by atoms with Crippen molar-refractivity contribution in [2.45, 2.75) is 11.8 Å². The number of hydrogen-bond acceptors (Lipinski definition) is 4. The second-order valence-electron chi connectivity index (χ2n) is 6.42. The van der Waals surface area contributed by atoms with Gasteiger partial charge < -0.3 is 0 Å². The second-order valence-corrected chi connectivity index (χ2v) is 8.54. The molecule has 0 amide bonds. The molecule has 1 heterocycles. The monoisotopic (exact) mass is 425 g/mol. The normalized spacial score (nSPS) is 11.5. The number of rotatable bonds is 4. The van der Waals surface area contributed by atoms with Crippen LogP contribution < -0.4 is 10.3 Å². The molecule has 4 rings (SSSR count). The van der Waals surface area contributed by atoms with Crippen molar-refractivity contribution in [3.63, 3.8) is 0 Å². The van der Waals surface area contributed by atoms with Crippen LogP contribution >= 0.6 is 11.6 Å². The lowest BCUT2D eigenvalue weighted by Crippen LogP contribution is -2.22. The van der Waals surface area contributed by atoms with Gasteiger partial charge in [0.1, 0.15) is 5.82 Å². The summed E-state index contributed by atoms with van der Waals surface area (Å²) in [4.78, 5) is 17.5. The number of halogens is 1. The molecule has 0 unspecified atom stereocenters. The molecule has 0 spiro atoms. The summed E-state index contributed by atoms with van der Waals surface area (Å²) < 4.78 is 29.0. The van der Waals surface area contributed by atoms with Crippen LogP contribution in [0.1, 0.15) is 5.82 Å². The van der Waals surface area contributed by atoms with E-state index in [0.29, 0.717) is 33.1 Å². The lowest BCUT2D eigenvalue weighted by Gasteiger charge is -2.12. The molecule has 0 saturated carbocycles. The van der Waals surface area contributed by atoms with Crippen molar-refractivity contribution in [3.05, 3.63) is 94.0 Å². The molecular weight excluding hydrogens is 410 g/mol. The maximum Gasteiger partial charge on any atom is 0.265 e. The quantitative estimate of drug-likeness (QED) is 0.532. The summed E-state index contributed by atoms with van der Waals surface area (Å²) in [6.45, 7) is 1.75. The van der Waals surface area contributed by atoms with Crippen molar-refractivity contribution >= 4 is 38.2 Å². The Kier molecular flexibility index (Phi) is 4.86. The lowest BCUT2D eigenvalue weighted by molar-refractivity contribution is 0.601. The highest BCUT2D eigenvalue weighted by molar-refractivity contribution is 7.92. The van der Waals surface area contributed by atoms with Crippen LogP contribution in [-0.4, -0.2) is 18.0 Å². The number of benzene rings is 3. The highest BCUT2D eigenvalue weighted by Gasteiger charge is 2.15. The van der Waals surface area contributed by atoms with Crippen molar-refractivity contribution in [1.82, 2.24) is 9.55 Å². The van der Waals surface area contributed by atoms with E-state index in [-0.39, 0.29) is 10.5 Å². The second kappa shape index (κ2) is 7.35. The predicted octanol–water partition coefficient (Wildman–Crippen LogP) is 4.15. The summed E-state index contributed by atoms with van der Waals surface area (Å²) in [6.07, 6.45) is 0. The van der Waals surface area contributed by atoms with Crippen LogP contribution in [0, 0.1) is 6.92 Å². The predicted molar refractivity (Wildman–Crippen MR) is 114 cm³/mol. The SMILES string of the molecule is Cc1nc2ccccc2c(=O)n1-c1ccc(NS(=O)(=O)c2ccc(Cl)cc2)cc1. The molecule has 8 heteroatoms. The molecule has 6 nitrogen and oxygen atoms in total. The van der Waals surface area contributed by atoms with E-state index >= 15 is 0 Å². The molecule has 1 aromatic heterocycles. The molecule has 4 aromatic rings. The van der Waals surface area contributed by atoms with Crippen LogP contribution in [0.2, 0.25) is 5.02 Å². The number of sulfonamides is 1. The van der Waals surface area contributed by atoms with Gasteiger partial charge in [-0.05, 0) is 67.6 Å². The zero-order valence-corrected chi connectivity index (χ0v) is 16.9. The Balaban J connectivity index is 1.68. The molecule has 0 aliphatic carbocycles. The Morgan fingerprint density at radius 1 is 0.931 bits per heavy atom. The highest BCUT2D eigenvalue weighted by atomic mass is 35.5. The molecule has 0 radical (unpaired) electrons. The van der Waals surface area contributed by atoms with E-state index in [1.807, 2.05) is 6.07 Å². The van der Waals surface area contributed by atoms with E-state index in [1.165, 1.54) is 28.8 Å². The Morgan fingerprint density at radius 3 is 2.28 bits per heavy atom. The van der Waals surface area contributed by atoms with Crippen molar-refractivity contribution in [1.29, 1.82) is 0 Å². The maximum atomic E-state index is 12.9. The molecule has 0 atom stereocenters. The van der Waals surface area contributed by atoms with E-state index < -0.39 is 10.0 Å². The van der Waals surface area contributed by atoms with Gasteiger partial charge in [-0.3, -0.25) is 14.1 Å². The van der Waals surface area contributed by atoms with Gasteiger partial charge in [0.2, 0.25) is 0 Å². The van der Waals surface area contributed by atoms with Crippen molar-refractivity contribution in [2.24, 2.45) is 0 Å². The number of para-hydroxylation sites is 1. The maximum absolute atomic E-state index is 12.9. The topological polar surface area (TPSA) is 81.1 Å². The third-order valence-electron chi connectivity index (χ3n) is 4.45. The average Bonchev–Trinajstić information content (AvgIpc) is 2.69. The van der Waals surface area contributed by atoms with Crippen molar-refractivity contribution in [3.8, 4) is 5.69 Å². The number of hydrogen-bond donors (Lipinski definition) is 1. The van der Waals surface area contributed by atoms with Crippen LogP contribution in [0.15, 0.2) is 82.5 Å². The van der Waals surface area contributed by atoms with Gasteiger partial charge >= 0.3 is 0 Å². The number of fused-ring (bicyclic) bond motifs is 1. The first-order valence-electron chi connectivity index (χ1n) is 8.72. The molecule has 29 heavy (non-hydrogen) atoms. The minimum absolute atomic E-state index is 0.108. The van der Waals surface area contributed by atoms with Crippen LogP contribution in [0.5, 0.6) is 0 Å². The van der Waals surface area contributed by atoms with Gasteiger partial charge in [-0.25, -0.2) is 13.4 Å². The van der Waals surface area contributed by atoms with Gasteiger partial charge in [0.05, 0.1) is 21.5 Å². The standard InChI is InChI=1S/C21H16ClN3O3S/c1-14-23-20-5-3-2-4-19(20)21(26)25(14)17-10-8-16(9-11-17)24-29(27,28)18-12-6-15(22)7-13-18/h2-13,24H,1H3. The highest BCUT2D eigenvalue weighted by Crippen LogP contribution is 2.20. The van der Waals surface area contributed by atoms with Crippen LogP contribution in [0.25, 0.3) is 16.6 Å². The summed E-state index contributed by atoms with van der Waals surface area (Å²) in [7, 11) is -3.74. The molecule has 0 aliphatic heterocycles. The number of nitrogens with one attached hydrogen (secondary N) is 1. The first kappa shape index (κ1) is 19.2. The Bertz CT molecular complexity index is 1360. The number of aryl methyl sites for hydroxylation is 1. The summed E-state index contributed by atoms with van der Waals surface area (Å²) in [5.74, 6) is 0.545. The molecule has 0 bridgehead atoms. The third-order valence-corrected chi connectivity index (χ3v) is 6.09. The van der Waals surface area contributed by atoms with Gasteiger partial charge in [0, 0.05) is 10.7 Å². The smallest absolute Gasteiger partial charge is 0.265 e. The molecule has 0 aliphatic rings. The minimum Gasteiger partial charge on any atom is -0.280 e. The zero-order valence-electron chi connectivity index (χ0n) is 15.3. The largest absolute Gasteiger partial charge is 0.280 e. The van der Waals surface area contributed by atoms with Gasteiger partial charge in [-0.15, -0.1) is 0 Å². The number of anilines is 1. The van der Waals surface area contributed by atoms with Crippen LogP contribution in [0.4, 0.5) is 5.69 Å². The molecule has 0 fully saturated rings. The summed E-state index contributed by atoms with van der Waals surface area (Å²) in [6, 6.07) is 19.6. The molecule has 1 N–H and O–H groups in total. The van der Waals surface area contributed by atoms with Gasteiger partial charge in [0.25, 0.3) is 15.6 Å². The van der Waals surface area contributed by atoms with Gasteiger partial charge in [0.15, 0.2) is 0 Å². The Hall–Kier alpha value is -3.16. The van der Waals surface area contributed by atoms with E-state index in [2.05, 4.69) is 9.71 Å². The van der Waals surface area contributed by atoms with Gasteiger partial charge in [-0.2, -0.15) is 0 Å². The Labute approximate surface area is 172 Å². The zero-order chi connectivity index (χ0) is 20.6. The number of aromatic nitrogens is 2. The summed E-state index contributed by atoms with van der Waals surface area (Å²) >= 11 is 5.81. The first-order chi connectivity index (χ1) is 13.8. The summed E-state index contributed by atoms with van der Waals surface area (Å²) in [5, 5.41) is 0.976. The lowest BCUT2D eigenvalue weighted by atomic mass is 10.2. The van der Waals surface area contributed by atoms with Gasteiger partial charge in [-0.1, -0.05) is 23.7 Å². The van der Waals surface area contributed by atoms with Crippen LogP contribution in [-0.2, 0) is 10.0 Å². The van der Waals surface area contributed by atoms with E-state index in [1.54, 1.807) is 49.4 Å². The van der Waals surface area contributed by atoms with E-state index in [4.69, 9.17) is 11.6 Å². The number of nitrogens with zero attached hydrogens (tertiary/aromatic N) is 2. The summed E-state index contributed by atoms with van der Waals surface area (Å²) in [5.41, 5.74) is 1.43.